The molecule has 4 aromatic rings. The topological polar surface area (TPSA) is 24.7 Å². The van der Waals surface area contributed by atoms with Crippen LogP contribution in [-0.4, -0.2) is 30.5 Å². The number of methoxy groups -OCH3 is 1. The lowest BCUT2D eigenvalue weighted by Crippen LogP contribution is -3.61. The van der Waals surface area contributed by atoms with E-state index in [0.717, 1.165) is 43.2 Å². The number of hydrogen-bond acceptors (Lipinski definition) is 3. The molecule has 53 heavy (non-hydrogen) atoms. The number of aryl methyl sites for hydroxylation is 2. The summed E-state index contributed by atoms with van der Waals surface area (Å²) < 4.78 is 17.5. The number of halogens is 1. The van der Waals surface area contributed by atoms with Crippen LogP contribution in [0.1, 0.15) is 76.6 Å². The number of likely N-dealkylation sites (N-methyl/N-ethyl adjacent to an activating group) is 1. The van der Waals surface area contributed by atoms with Gasteiger partial charge in [-0.3, -0.25) is 0 Å². The summed E-state index contributed by atoms with van der Waals surface area (Å²) in [7, 11) is 1.71. The molecule has 0 amide bonds. The number of ether oxygens (including phenoxy) is 2. The zero-order valence-corrected chi connectivity index (χ0v) is 35.0. The number of nitrogens with zero attached hydrogens (tertiary/aromatic N) is 2. The van der Waals surface area contributed by atoms with E-state index in [4.69, 9.17) is 9.47 Å². The quantitative estimate of drug-likeness (QED) is 0.119. The van der Waals surface area contributed by atoms with E-state index in [1.807, 2.05) is 12.1 Å². The third kappa shape index (κ3) is 7.05. The number of fused-ring (bicyclic) bond motifs is 2. The third-order valence-corrected chi connectivity index (χ3v) is 13.8. The summed E-state index contributed by atoms with van der Waals surface area (Å²) in [6.07, 6.45) is 11.3. The Morgan fingerprint density at radius 1 is 0.736 bits per heavy atom. The third-order valence-electron chi connectivity index (χ3n) is 11.2. The van der Waals surface area contributed by atoms with Gasteiger partial charge in [0.2, 0.25) is 5.69 Å². The molecule has 5 heteroatoms. The Kier molecular flexibility index (Phi) is 10.3. The largest absolute Gasteiger partial charge is 0.497 e. The lowest BCUT2D eigenvalue weighted by molar-refractivity contribution is -0.597. The lowest BCUT2D eigenvalue weighted by atomic mass is 9.80. The van der Waals surface area contributed by atoms with Gasteiger partial charge in [-0.2, -0.15) is 4.58 Å². The van der Waals surface area contributed by atoms with E-state index in [0.29, 0.717) is 0 Å². The maximum atomic E-state index is 6.92. The van der Waals surface area contributed by atoms with Gasteiger partial charge in [0.05, 0.1) is 12.5 Å². The highest BCUT2D eigenvalue weighted by Crippen LogP contribution is 2.48. The van der Waals surface area contributed by atoms with E-state index in [-0.39, 0.29) is 32.0 Å². The summed E-state index contributed by atoms with van der Waals surface area (Å²) in [6.45, 7) is 20.2. The summed E-state index contributed by atoms with van der Waals surface area (Å²) in [6, 6.07) is 31.0. The summed E-state index contributed by atoms with van der Waals surface area (Å²) in [5, 5.41) is 0. The van der Waals surface area contributed by atoms with Crippen molar-refractivity contribution in [3.63, 3.8) is 0 Å². The van der Waals surface area contributed by atoms with Crippen LogP contribution in [0.15, 0.2) is 132 Å². The van der Waals surface area contributed by atoms with E-state index in [1.54, 1.807) is 7.11 Å². The van der Waals surface area contributed by atoms with Gasteiger partial charge in [-0.15, -0.1) is 0 Å². The summed E-state index contributed by atoms with van der Waals surface area (Å²) in [5.74, 6) is 2.75. The molecule has 0 unspecified atom stereocenters. The Bertz CT molecular complexity index is 2200. The molecule has 0 atom stereocenters. The molecule has 2 aliphatic heterocycles. The molecule has 0 aromatic heterocycles. The summed E-state index contributed by atoms with van der Waals surface area (Å²) in [4.78, 5) is 2.48. The maximum Gasteiger partial charge on any atom is 0.357 e. The molecule has 3 aliphatic rings. The van der Waals surface area contributed by atoms with Crippen molar-refractivity contribution in [2.45, 2.75) is 79.1 Å². The molecule has 2 heterocycles. The molecular weight excluding hydrogens is 763 g/mol. The number of benzene rings is 4. The second kappa shape index (κ2) is 14.8. The molecule has 0 radical (unpaired) electrons. The molecule has 0 fully saturated rings. The molecule has 0 spiro atoms. The van der Waals surface area contributed by atoms with Crippen molar-refractivity contribution in [1.82, 2.24) is 0 Å². The van der Waals surface area contributed by atoms with Crippen molar-refractivity contribution in [1.29, 1.82) is 0 Å². The lowest BCUT2D eigenvalue weighted by Gasteiger charge is -2.26. The second-order valence-electron chi connectivity index (χ2n) is 15.4. The van der Waals surface area contributed by atoms with E-state index in [9.17, 15) is 0 Å². The van der Waals surface area contributed by atoms with Gasteiger partial charge >= 0.3 is 21.2 Å². The molecule has 7 rings (SSSR count). The Balaban J connectivity index is 1.25. The number of rotatable bonds is 10. The second-order valence-corrected chi connectivity index (χ2v) is 18.4. The molecular formula is C48H53IN2O2+2. The van der Waals surface area contributed by atoms with Gasteiger partial charge in [0.25, 0.3) is 0 Å². The normalized spacial score (nSPS) is 18.8. The van der Waals surface area contributed by atoms with E-state index >= 15 is 0 Å². The fourth-order valence-corrected chi connectivity index (χ4v) is 10.4. The first-order valence-electron chi connectivity index (χ1n) is 19.0. The van der Waals surface area contributed by atoms with Crippen LogP contribution in [0, 0.1) is 21.0 Å². The Labute approximate surface area is 327 Å². The Morgan fingerprint density at radius 3 is 2.02 bits per heavy atom. The highest BCUT2D eigenvalue weighted by Gasteiger charge is 2.44. The van der Waals surface area contributed by atoms with Gasteiger partial charge < -0.3 is 14.4 Å². The van der Waals surface area contributed by atoms with Crippen molar-refractivity contribution in [3.05, 3.63) is 161 Å². The molecule has 0 saturated heterocycles. The van der Waals surface area contributed by atoms with Crippen LogP contribution < -0.4 is 35.6 Å². The number of hydrogen-bond donors (Lipinski definition) is 0. The van der Waals surface area contributed by atoms with Gasteiger partial charge in [-0.1, -0.05) is 49.2 Å². The Morgan fingerprint density at radius 2 is 1.38 bits per heavy atom. The van der Waals surface area contributed by atoms with E-state index in [2.05, 4.69) is 162 Å². The fraction of sp³-hybridized carbons (Fsp3) is 0.312. The van der Waals surface area contributed by atoms with Crippen LogP contribution in [-0.2, 0) is 10.8 Å². The van der Waals surface area contributed by atoms with Crippen LogP contribution in [0.2, 0.25) is 0 Å². The molecule has 4 nitrogen and oxygen atoms in total. The smallest absolute Gasteiger partial charge is 0.357 e. The van der Waals surface area contributed by atoms with Gasteiger partial charge in [-0.25, -0.2) is 0 Å². The SMILES string of the molecule is CCN1/C(=C/C=C2\CCC(/C=C/C3=[N+](CC)c4ccc(C)cc4C3(C)C)=C2Oc2ccc([I+]c3ccc(OC)cc3)cc2)C(C)(C)c2cc(C)ccc21. The molecule has 1 aliphatic carbocycles. The molecule has 4 aromatic carbocycles. The minimum Gasteiger partial charge on any atom is -0.497 e. The fourth-order valence-electron chi connectivity index (χ4n) is 8.21. The maximum absolute atomic E-state index is 6.92. The monoisotopic (exact) mass is 816 g/mol. The average molecular weight is 817 g/mol. The first-order valence-corrected chi connectivity index (χ1v) is 21.1. The molecule has 0 bridgehead atoms. The van der Waals surface area contributed by atoms with Crippen molar-refractivity contribution in [2.75, 3.05) is 25.1 Å². The Hall–Kier alpha value is -4.36. The summed E-state index contributed by atoms with van der Waals surface area (Å²) >= 11 is -0.301. The predicted molar refractivity (Wildman–Crippen MR) is 216 cm³/mol. The van der Waals surface area contributed by atoms with Crippen molar-refractivity contribution >= 4 is 17.1 Å². The minimum absolute atomic E-state index is 0.0923. The zero-order valence-electron chi connectivity index (χ0n) is 32.8. The number of allylic oxidation sites excluding steroid dienone is 7. The van der Waals surface area contributed by atoms with Crippen LogP contribution in [0.5, 0.6) is 11.5 Å². The van der Waals surface area contributed by atoms with Crippen molar-refractivity contribution in [2.24, 2.45) is 0 Å². The number of anilines is 1. The van der Waals surface area contributed by atoms with Crippen LogP contribution in [0.3, 0.4) is 0 Å². The molecule has 272 valence electrons. The first kappa shape index (κ1) is 37.0. The van der Waals surface area contributed by atoms with Crippen molar-refractivity contribution in [3.8, 4) is 11.5 Å². The summed E-state index contributed by atoms with van der Waals surface area (Å²) in [5.41, 5.74) is 13.0. The average Bonchev–Trinajstić information content (AvgIpc) is 3.70. The van der Waals surface area contributed by atoms with Gasteiger partial charge in [0, 0.05) is 41.1 Å². The van der Waals surface area contributed by atoms with E-state index < -0.39 is 0 Å². The standard InChI is InChI=1S/C48H53IN2O2/c1-10-50-42-26-12-32(3)30-40(42)47(5,6)44(50)28-16-34-14-15-35(17-29-45-48(7,8)41-31-33(4)13-27-43(41)51(45)11-2)46(34)53-39-24-20-37(21-25-39)49-36-18-22-38(52-9)23-19-36/h12-13,16-31H,10-11,14-15H2,1-9H3/q+2. The van der Waals surface area contributed by atoms with Gasteiger partial charge in [-0.05, 0) is 144 Å². The minimum atomic E-state index is -0.301. The van der Waals surface area contributed by atoms with Crippen LogP contribution in [0.25, 0.3) is 0 Å². The molecule has 0 N–H and O–H groups in total. The van der Waals surface area contributed by atoms with Gasteiger partial charge in [0.1, 0.15) is 23.8 Å². The highest BCUT2D eigenvalue weighted by atomic mass is 127. The highest BCUT2D eigenvalue weighted by molar-refractivity contribution is 6.03. The molecule has 0 saturated carbocycles. The van der Waals surface area contributed by atoms with Gasteiger partial charge in [0.15, 0.2) is 12.9 Å². The first-order chi connectivity index (χ1) is 25.4. The van der Waals surface area contributed by atoms with E-state index in [1.165, 1.54) is 63.3 Å². The zero-order chi connectivity index (χ0) is 37.5. The van der Waals surface area contributed by atoms with Crippen molar-refractivity contribution < 1.29 is 35.3 Å². The van der Waals surface area contributed by atoms with Crippen LogP contribution in [0.4, 0.5) is 11.4 Å². The van der Waals surface area contributed by atoms with Crippen LogP contribution >= 0.6 is 0 Å². The predicted octanol–water partition coefficient (Wildman–Crippen LogP) is 8.15.